The number of nitrogens with one attached hydrogen (secondary N) is 1. The van der Waals surface area contributed by atoms with Crippen LogP contribution in [0.1, 0.15) is 37.7 Å². The van der Waals surface area contributed by atoms with E-state index in [0.29, 0.717) is 24.5 Å². The second-order valence-corrected chi connectivity index (χ2v) is 7.33. The molecule has 1 aromatic carbocycles. The molecule has 0 aromatic heterocycles. The average molecular weight is 313 g/mol. The van der Waals surface area contributed by atoms with E-state index in [1.807, 2.05) is 0 Å². The van der Waals surface area contributed by atoms with Crippen molar-refractivity contribution in [3.8, 4) is 0 Å². The van der Waals surface area contributed by atoms with E-state index >= 15 is 0 Å². The summed E-state index contributed by atoms with van der Waals surface area (Å²) < 4.78 is 0. The van der Waals surface area contributed by atoms with Crippen molar-refractivity contribution in [2.45, 2.75) is 56.8 Å². The van der Waals surface area contributed by atoms with E-state index in [1.165, 1.54) is 44.3 Å². The van der Waals surface area contributed by atoms with E-state index in [9.17, 15) is 4.79 Å². The van der Waals surface area contributed by atoms with Crippen LogP contribution < -0.4 is 5.32 Å². The molecule has 0 unspecified atom stereocenters. The molecule has 3 aliphatic rings. The van der Waals surface area contributed by atoms with E-state index in [4.69, 9.17) is 0 Å². The van der Waals surface area contributed by atoms with Crippen molar-refractivity contribution in [3.63, 3.8) is 0 Å². The van der Waals surface area contributed by atoms with Gasteiger partial charge >= 0.3 is 0 Å². The number of piperidine rings is 1. The van der Waals surface area contributed by atoms with Crippen molar-refractivity contribution in [1.29, 1.82) is 0 Å². The molecule has 0 radical (unpaired) electrons. The summed E-state index contributed by atoms with van der Waals surface area (Å²) in [5.74, 6) is 0.253. The van der Waals surface area contributed by atoms with Gasteiger partial charge in [0.1, 0.15) is 0 Å². The van der Waals surface area contributed by atoms with Gasteiger partial charge in [0.2, 0.25) is 5.91 Å². The maximum absolute atomic E-state index is 11.8. The monoisotopic (exact) mass is 313 g/mol. The van der Waals surface area contributed by atoms with Crippen LogP contribution in [0.25, 0.3) is 0 Å². The highest BCUT2D eigenvalue weighted by atomic mass is 16.1. The van der Waals surface area contributed by atoms with Crippen LogP contribution in [0.2, 0.25) is 0 Å². The number of likely N-dealkylation sites (tertiary alicyclic amines) is 1. The van der Waals surface area contributed by atoms with E-state index < -0.39 is 0 Å². The van der Waals surface area contributed by atoms with Gasteiger partial charge in [-0.3, -0.25) is 14.6 Å². The topological polar surface area (TPSA) is 35.6 Å². The van der Waals surface area contributed by atoms with Gasteiger partial charge in [-0.05, 0) is 44.3 Å². The number of rotatable bonds is 3. The minimum atomic E-state index is 0.253. The van der Waals surface area contributed by atoms with Crippen LogP contribution in [-0.4, -0.2) is 53.5 Å². The minimum absolute atomic E-state index is 0.253. The zero-order valence-corrected chi connectivity index (χ0v) is 13.8. The average Bonchev–Trinajstić information content (AvgIpc) is 2.88. The molecule has 4 nitrogen and oxygen atoms in total. The third-order valence-electron chi connectivity index (χ3n) is 5.86. The fourth-order valence-electron chi connectivity index (χ4n) is 4.73. The fraction of sp³-hybridized carbons (Fsp3) is 0.632. The molecule has 0 spiro atoms. The number of hydrogen-bond acceptors (Lipinski definition) is 3. The molecule has 3 fully saturated rings. The molecular weight excluding hydrogens is 286 g/mol. The predicted molar refractivity (Wildman–Crippen MR) is 91.0 cm³/mol. The molecule has 3 saturated heterocycles. The zero-order chi connectivity index (χ0) is 15.6. The number of hydrogen-bond donors (Lipinski definition) is 1. The van der Waals surface area contributed by atoms with Crippen LogP contribution >= 0.6 is 0 Å². The van der Waals surface area contributed by atoms with Gasteiger partial charge in [0.15, 0.2) is 0 Å². The Morgan fingerprint density at radius 1 is 0.957 bits per heavy atom. The first-order chi connectivity index (χ1) is 11.3. The Hall–Kier alpha value is -1.39. The Labute approximate surface area is 138 Å². The van der Waals surface area contributed by atoms with Crippen molar-refractivity contribution in [2.24, 2.45) is 0 Å². The van der Waals surface area contributed by atoms with Crippen molar-refractivity contribution >= 4 is 5.91 Å². The van der Waals surface area contributed by atoms with E-state index in [-0.39, 0.29) is 5.91 Å². The van der Waals surface area contributed by atoms with Gasteiger partial charge in [0, 0.05) is 37.6 Å². The molecule has 1 amide bonds. The Balaban J connectivity index is 1.35. The van der Waals surface area contributed by atoms with Gasteiger partial charge in [0.05, 0.1) is 0 Å². The van der Waals surface area contributed by atoms with Gasteiger partial charge in [-0.2, -0.15) is 0 Å². The number of carbonyl (C=O) groups is 1. The molecule has 2 bridgehead atoms. The third kappa shape index (κ3) is 3.29. The minimum Gasteiger partial charge on any atom is -0.354 e. The van der Waals surface area contributed by atoms with E-state index in [0.717, 1.165) is 13.1 Å². The Kier molecular flexibility index (Phi) is 4.36. The van der Waals surface area contributed by atoms with E-state index in [2.05, 4.69) is 45.4 Å². The first-order valence-electron chi connectivity index (χ1n) is 9.10. The molecule has 1 aromatic rings. The normalized spacial score (nSPS) is 30.2. The summed E-state index contributed by atoms with van der Waals surface area (Å²) in [6.07, 6.45) is 5.67. The molecule has 3 heterocycles. The quantitative estimate of drug-likeness (QED) is 0.927. The van der Waals surface area contributed by atoms with Crippen LogP contribution in [0.4, 0.5) is 0 Å². The van der Waals surface area contributed by atoms with E-state index in [1.54, 1.807) is 0 Å². The first kappa shape index (κ1) is 15.2. The second-order valence-electron chi connectivity index (χ2n) is 7.33. The van der Waals surface area contributed by atoms with Crippen LogP contribution in [0, 0.1) is 0 Å². The maximum Gasteiger partial charge on any atom is 0.221 e. The van der Waals surface area contributed by atoms with Gasteiger partial charge in [-0.15, -0.1) is 0 Å². The molecule has 23 heavy (non-hydrogen) atoms. The highest BCUT2D eigenvalue weighted by Gasteiger charge is 2.41. The summed E-state index contributed by atoms with van der Waals surface area (Å²) >= 11 is 0. The summed E-state index contributed by atoms with van der Waals surface area (Å²) in [5, 5.41) is 3.10. The smallest absolute Gasteiger partial charge is 0.221 e. The number of carbonyl (C=O) groups excluding carboxylic acids is 1. The predicted octanol–water partition coefficient (Wildman–Crippen LogP) is 2.00. The summed E-state index contributed by atoms with van der Waals surface area (Å²) in [6.45, 7) is 4.29. The second kappa shape index (κ2) is 6.62. The van der Waals surface area contributed by atoms with Crippen LogP contribution in [-0.2, 0) is 11.3 Å². The zero-order valence-electron chi connectivity index (χ0n) is 13.8. The molecular formula is C19H27N3O. The molecule has 0 aliphatic carbocycles. The number of amides is 1. The summed E-state index contributed by atoms with van der Waals surface area (Å²) in [4.78, 5) is 17.1. The van der Waals surface area contributed by atoms with Gasteiger partial charge < -0.3 is 5.32 Å². The number of fused-ring (bicyclic) bond motifs is 2. The lowest BCUT2D eigenvalue weighted by molar-refractivity contribution is -0.121. The summed E-state index contributed by atoms with van der Waals surface area (Å²) in [5.41, 5.74) is 1.41. The van der Waals surface area contributed by atoms with Gasteiger partial charge in [-0.1, -0.05) is 30.3 Å². The third-order valence-corrected chi connectivity index (χ3v) is 5.86. The fourth-order valence-corrected chi connectivity index (χ4v) is 4.73. The summed E-state index contributed by atoms with van der Waals surface area (Å²) in [6, 6.07) is 12.5. The largest absolute Gasteiger partial charge is 0.354 e. The number of nitrogens with zero attached hydrogens (tertiary/aromatic N) is 2. The lowest BCUT2D eigenvalue weighted by atomic mass is 10.00. The molecule has 4 heteroatoms. The highest BCUT2D eigenvalue weighted by molar-refractivity contribution is 5.77. The maximum atomic E-state index is 11.8. The van der Waals surface area contributed by atoms with Gasteiger partial charge in [0.25, 0.3) is 0 Å². The van der Waals surface area contributed by atoms with Crippen molar-refractivity contribution in [1.82, 2.24) is 15.1 Å². The summed E-state index contributed by atoms with van der Waals surface area (Å²) in [7, 11) is 0. The Morgan fingerprint density at radius 3 is 2.48 bits per heavy atom. The van der Waals surface area contributed by atoms with Gasteiger partial charge in [-0.25, -0.2) is 0 Å². The Morgan fingerprint density at radius 2 is 1.70 bits per heavy atom. The molecule has 1 N–H and O–H groups in total. The van der Waals surface area contributed by atoms with Crippen LogP contribution in [0.5, 0.6) is 0 Å². The molecule has 4 rings (SSSR count). The SMILES string of the molecule is O=C1C[C@@H]2CC[C@H](CN1)N2C1CCN(Cc2ccccc2)CC1. The van der Waals surface area contributed by atoms with Crippen LogP contribution in [0.3, 0.4) is 0 Å². The highest BCUT2D eigenvalue weighted by Crippen LogP contribution is 2.33. The Bertz CT molecular complexity index is 539. The van der Waals surface area contributed by atoms with Crippen molar-refractivity contribution < 1.29 is 4.79 Å². The lowest BCUT2D eigenvalue weighted by Gasteiger charge is -2.41. The van der Waals surface area contributed by atoms with Crippen molar-refractivity contribution in [2.75, 3.05) is 19.6 Å². The molecule has 2 atom stereocenters. The first-order valence-corrected chi connectivity index (χ1v) is 9.10. The molecule has 3 aliphatic heterocycles. The number of benzene rings is 1. The lowest BCUT2D eigenvalue weighted by Crippen LogP contribution is -2.50. The molecule has 124 valence electrons. The molecule has 0 saturated carbocycles. The van der Waals surface area contributed by atoms with Crippen LogP contribution in [0.15, 0.2) is 30.3 Å². The standard InChI is InChI=1S/C19H27N3O/c23-19-12-17-6-7-18(13-20-19)22(17)16-8-10-21(11-9-16)14-15-4-2-1-3-5-15/h1-5,16-18H,6-14H2,(H,20,23)/t17-,18+/m0/s1. The van der Waals surface area contributed by atoms with Crippen molar-refractivity contribution in [3.05, 3.63) is 35.9 Å².